The third-order valence-corrected chi connectivity index (χ3v) is 8.72. The molecule has 0 fully saturated rings. The quantitative estimate of drug-likeness (QED) is 0.0652. The number of carboxylic acids is 1. The number of carbonyl (C=O) groups is 5. The Morgan fingerprint density at radius 1 is 0.561 bits per heavy atom. The maximum atomic E-state index is 13.9. The highest BCUT2D eigenvalue weighted by Crippen LogP contribution is 2.09. The Balaban J connectivity index is 1.44. The molecule has 0 saturated heterocycles. The van der Waals surface area contributed by atoms with Gasteiger partial charge in [-0.2, -0.15) is 0 Å². The van der Waals surface area contributed by atoms with Gasteiger partial charge in [0.25, 0.3) is 0 Å². The Labute approximate surface area is 332 Å². The Morgan fingerprint density at radius 3 is 1.39 bits per heavy atom. The van der Waals surface area contributed by atoms with Crippen LogP contribution in [0.4, 0.5) is 0 Å². The highest BCUT2D eigenvalue weighted by atomic mass is 16.5. The zero-order valence-corrected chi connectivity index (χ0v) is 31.8. The summed E-state index contributed by atoms with van der Waals surface area (Å²) >= 11 is 0. The predicted molar refractivity (Wildman–Crippen MR) is 210 cm³/mol. The second-order valence-corrected chi connectivity index (χ2v) is 13.2. The zero-order valence-electron chi connectivity index (χ0n) is 31.8. The molecule has 0 aliphatic carbocycles. The van der Waals surface area contributed by atoms with Gasteiger partial charge < -0.3 is 45.7 Å². The number of ether oxygens (including phenoxy) is 4. The summed E-state index contributed by atoms with van der Waals surface area (Å²) < 4.78 is 22.7. The molecule has 0 aliphatic heterocycles. The summed E-state index contributed by atoms with van der Waals surface area (Å²) in [5.74, 6) is -4.46. The van der Waals surface area contributed by atoms with Crippen molar-refractivity contribution in [1.29, 1.82) is 0 Å². The Kier molecular flexibility index (Phi) is 18.3. The summed E-state index contributed by atoms with van der Waals surface area (Å²) in [4.78, 5) is 65.7. The van der Waals surface area contributed by atoms with Gasteiger partial charge in [-0.15, -0.1) is 0 Å². The van der Waals surface area contributed by atoms with Crippen LogP contribution in [-0.4, -0.2) is 78.3 Å². The summed E-state index contributed by atoms with van der Waals surface area (Å²) in [6, 6.07) is 31.1. The summed E-state index contributed by atoms with van der Waals surface area (Å²) in [6.45, 7) is 1.37. The van der Waals surface area contributed by atoms with Gasteiger partial charge in [0.1, 0.15) is 30.8 Å². The van der Waals surface area contributed by atoms with Crippen molar-refractivity contribution in [2.24, 2.45) is 5.73 Å². The van der Waals surface area contributed by atoms with E-state index in [-0.39, 0.29) is 52.5 Å². The molecule has 0 bridgehead atoms. The normalized spacial score (nSPS) is 13.6. The zero-order chi connectivity index (χ0) is 40.8. The van der Waals surface area contributed by atoms with Crippen LogP contribution in [0, 0.1) is 0 Å². The number of benzene rings is 4. The number of nitrogens with one attached hydrogen (secondary N) is 3. The van der Waals surface area contributed by atoms with E-state index in [1.807, 2.05) is 97.1 Å². The summed E-state index contributed by atoms with van der Waals surface area (Å²) in [7, 11) is 0. The average molecular weight is 783 g/mol. The summed E-state index contributed by atoms with van der Waals surface area (Å²) in [5.41, 5.74) is 9.51. The molecule has 14 heteroatoms. The van der Waals surface area contributed by atoms with Crippen molar-refractivity contribution in [3.8, 4) is 0 Å². The van der Waals surface area contributed by atoms with E-state index in [1.165, 1.54) is 0 Å². The number of carboxylic acid groups (broad SMARTS) is 1. The van der Waals surface area contributed by atoms with Crippen molar-refractivity contribution in [2.75, 3.05) is 13.2 Å². The standard InChI is InChI=1S/C43H50N4O10/c1-30(56-26-33-18-10-4-11-19-33)39(44)42(51)47-37(29-55-25-32-16-8-3-9-17-32)41(50)46-36(28-54-24-31-14-6-2-7-15-31)40(49)45-35(43(52)53)22-23-38(48)57-27-34-20-12-5-13-21-34/h2-21,30,35-37,39H,22-29,44H2,1H3,(H,45,49)(H,46,50)(H,47,51)(H,52,53)/t30-,35+,36+,37+,39+/m1/s1. The third-order valence-electron chi connectivity index (χ3n) is 8.72. The molecule has 0 saturated carbocycles. The van der Waals surface area contributed by atoms with Crippen LogP contribution in [0.2, 0.25) is 0 Å². The van der Waals surface area contributed by atoms with E-state index in [9.17, 15) is 29.1 Å². The SMILES string of the molecule is C[C@@H](OCc1ccccc1)[C@H](N)C(=O)N[C@@H](COCc1ccccc1)C(=O)N[C@@H](COCc1ccccc1)C(=O)N[C@@H](CCC(=O)OCc1ccccc1)C(=O)O. The van der Waals surface area contributed by atoms with Crippen LogP contribution in [0.25, 0.3) is 0 Å². The topological polar surface area (TPSA) is 205 Å². The molecular formula is C43H50N4O10. The third kappa shape index (κ3) is 16.0. The maximum Gasteiger partial charge on any atom is 0.326 e. The van der Waals surface area contributed by atoms with Crippen LogP contribution in [-0.2, 0) is 69.3 Å². The highest BCUT2D eigenvalue weighted by molar-refractivity contribution is 5.94. The number of nitrogens with two attached hydrogens (primary N) is 1. The summed E-state index contributed by atoms with van der Waals surface area (Å²) in [5, 5.41) is 17.6. The van der Waals surface area contributed by atoms with E-state index in [2.05, 4.69) is 16.0 Å². The molecule has 302 valence electrons. The minimum Gasteiger partial charge on any atom is -0.480 e. The molecule has 0 aliphatic rings. The van der Waals surface area contributed by atoms with Crippen LogP contribution >= 0.6 is 0 Å². The lowest BCUT2D eigenvalue weighted by Crippen LogP contribution is -2.60. The first-order chi connectivity index (χ1) is 27.6. The van der Waals surface area contributed by atoms with E-state index in [4.69, 9.17) is 24.7 Å². The molecule has 3 amide bonds. The van der Waals surface area contributed by atoms with Crippen LogP contribution in [0.3, 0.4) is 0 Å². The van der Waals surface area contributed by atoms with Crippen LogP contribution in [0.5, 0.6) is 0 Å². The second kappa shape index (κ2) is 23.9. The van der Waals surface area contributed by atoms with E-state index in [0.717, 1.165) is 22.3 Å². The molecule has 4 aromatic carbocycles. The molecule has 0 heterocycles. The number of hydrogen-bond donors (Lipinski definition) is 5. The number of rotatable bonds is 24. The van der Waals surface area contributed by atoms with Gasteiger partial charge in [-0.1, -0.05) is 121 Å². The number of amides is 3. The maximum absolute atomic E-state index is 13.9. The van der Waals surface area contributed by atoms with Crippen molar-refractivity contribution in [1.82, 2.24) is 16.0 Å². The first-order valence-corrected chi connectivity index (χ1v) is 18.6. The van der Waals surface area contributed by atoms with E-state index in [0.29, 0.717) is 0 Å². The van der Waals surface area contributed by atoms with Crippen molar-refractivity contribution < 1.29 is 48.0 Å². The van der Waals surface area contributed by atoms with Crippen LogP contribution < -0.4 is 21.7 Å². The van der Waals surface area contributed by atoms with Gasteiger partial charge in [0.05, 0.1) is 39.1 Å². The number of esters is 1. The lowest BCUT2D eigenvalue weighted by atomic mass is 10.1. The summed E-state index contributed by atoms with van der Waals surface area (Å²) in [6.07, 6.45) is -1.33. The molecule has 0 spiro atoms. The lowest BCUT2D eigenvalue weighted by molar-refractivity contribution is -0.147. The van der Waals surface area contributed by atoms with Crippen LogP contribution in [0.15, 0.2) is 121 Å². The van der Waals surface area contributed by atoms with Gasteiger partial charge in [0.2, 0.25) is 17.7 Å². The molecule has 14 nitrogen and oxygen atoms in total. The van der Waals surface area contributed by atoms with Gasteiger partial charge in [-0.3, -0.25) is 19.2 Å². The first kappa shape index (κ1) is 43.8. The molecular weight excluding hydrogens is 732 g/mol. The minimum absolute atomic E-state index is 0.00786. The molecule has 0 radical (unpaired) electrons. The molecule has 0 unspecified atom stereocenters. The van der Waals surface area contributed by atoms with Gasteiger partial charge in [-0.05, 0) is 35.6 Å². The fourth-order valence-electron chi connectivity index (χ4n) is 5.36. The van der Waals surface area contributed by atoms with Gasteiger partial charge in [0.15, 0.2) is 0 Å². The average Bonchev–Trinajstić information content (AvgIpc) is 3.23. The van der Waals surface area contributed by atoms with Crippen molar-refractivity contribution in [3.63, 3.8) is 0 Å². The van der Waals surface area contributed by atoms with E-state index in [1.54, 1.807) is 31.2 Å². The van der Waals surface area contributed by atoms with Gasteiger partial charge in [0, 0.05) is 6.42 Å². The Hall–Kier alpha value is -5.93. The second-order valence-electron chi connectivity index (χ2n) is 13.2. The highest BCUT2D eigenvalue weighted by Gasteiger charge is 2.32. The Bertz CT molecular complexity index is 1830. The molecule has 5 atom stereocenters. The Morgan fingerprint density at radius 2 is 0.947 bits per heavy atom. The van der Waals surface area contributed by atoms with Crippen molar-refractivity contribution in [3.05, 3.63) is 144 Å². The molecule has 6 N–H and O–H groups in total. The molecule has 57 heavy (non-hydrogen) atoms. The van der Waals surface area contributed by atoms with E-state index < -0.39 is 59.9 Å². The predicted octanol–water partition coefficient (Wildman–Crippen LogP) is 3.42. The molecule has 4 rings (SSSR count). The number of carbonyl (C=O) groups excluding carboxylic acids is 4. The van der Waals surface area contributed by atoms with Crippen molar-refractivity contribution in [2.45, 2.75) is 76.5 Å². The monoisotopic (exact) mass is 782 g/mol. The number of aliphatic carboxylic acids is 1. The van der Waals surface area contributed by atoms with Crippen LogP contribution in [0.1, 0.15) is 42.0 Å². The van der Waals surface area contributed by atoms with E-state index >= 15 is 0 Å². The lowest BCUT2D eigenvalue weighted by Gasteiger charge is -2.26. The first-order valence-electron chi connectivity index (χ1n) is 18.6. The van der Waals surface area contributed by atoms with Gasteiger partial charge in [-0.25, -0.2) is 4.79 Å². The minimum atomic E-state index is -1.50. The smallest absolute Gasteiger partial charge is 0.326 e. The van der Waals surface area contributed by atoms with Gasteiger partial charge >= 0.3 is 11.9 Å². The fraction of sp³-hybridized carbons (Fsp3) is 0.326. The largest absolute Gasteiger partial charge is 0.480 e. The number of hydrogen-bond acceptors (Lipinski definition) is 10. The fourth-order valence-corrected chi connectivity index (χ4v) is 5.36. The molecule has 4 aromatic rings. The molecule has 0 aromatic heterocycles. The van der Waals surface area contributed by atoms with Crippen molar-refractivity contribution >= 4 is 29.7 Å².